The summed E-state index contributed by atoms with van der Waals surface area (Å²) >= 11 is 1.41. The van der Waals surface area contributed by atoms with E-state index in [1.54, 1.807) is 38.7 Å². The number of carboxylic acids is 1. The number of carbonyl (C=O) groups is 4. The highest BCUT2D eigenvalue weighted by Crippen LogP contribution is 2.26. The van der Waals surface area contributed by atoms with Crippen molar-refractivity contribution in [3.8, 4) is 0 Å². The van der Waals surface area contributed by atoms with Gasteiger partial charge in [-0.25, -0.2) is 4.79 Å². The van der Waals surface area contributed by atoms with Gasteiger partial charge in [-0.15, -0.1) is 0 Å². The predicted molar refractivity (Wildman–Crippen MR) is 132 cm³/mol. The Kier molecular flexibility index (Phi) is 10.3. The molecule has 9 nitrogen and oxygen atoms in total. The first-order valence-corrected chi connectivity index (χ1v) is 12.1. The number of amides is 1. The van der Waals surface area contributed by atoms with Gasteiger partial charge in [0, 0.05) is 24.0 Å². The number of benzene rings is 1. The van der Waals surface area contributed by atoms with E-state index in [4.69, 9.17) is 14.6 Å². The van der Waals surface area contributed by atoms with Crippen molar-refractivity contribution in [2.24, 2.45) is 5.41 Å². The molecule has 0 radical (unpaired) electrons. The number of carbonyl (C=O) groups excluding carboxylic acids is 3. The van der Waals surface area contributed by atoms with Gasteiger partial charge in [-0.1, -0.05) is 30.3 Å². The third-order valence-corrected chi connectivity index (χ3v) is 5.79. The molecule has 0 aliphatic heterocycles. The van der Waals surface area contributed by atoms with Crippen LogP contribution in [0.3, 0.4) is 0 Å². The Morgan fingerprint density at radius 1 is 1.09 bits per heavy atom. The molecule has 0 saturated heterocycles. The van der Waals surface area contributed by atoms with Crippen molar-refractivity contribution in [2.45, 2.75) is 52.6 Å². The summed E-state index contributed by atoms with van der Waals surface area (Å²) in [6.07, 6.45) is 0.0149. The Balaban J connectivity index is 2.29. The molecule has 1 unspecified atom stereocenters. The summed E-state index contributed by atoms with van der Waals surface area (Å²) < 4.78 is 10.4. The smallest absolute Gasteiger partial charge is 0.332 e. The van der Waals surface area contributed by atoms with Crippen LogP contribution in [0.4, 0.5) is 5.69 Å². The topological polar surface area (TPSA) is 122 Å². The van der Waals surface area contributed by atoms with Gasteiger partial charge in [0.15, 0.2) is 0 Å². The van der Waals surface area contributed by atoms with Gasteiger partial charge in [0.1, 0.15) is 12.1 Å². The quantitative estimate of drug-likeness (QED) is 0.334. The second kappa shape index (κ2) is 12.9. The number of hydrogen-bond acceptors (Lipinski definition) is 8. The highest BCUT2D eigenvalue weighted by molar-refractivity contribution is 7.08. The fourth-order valence-electron chi connectivity index (χ4n) is 3.23. The van der Waals surface area contributed by atoms with Crippen LogP contribution in [0.25, 0.3) is 0 Å². The maximum absolute atomic E-state index is 13.3. The number of esters is 2. The lowest BCUT2D eigenvalue weighted by Gasteiger charge is -2.35. The lowest BCUT2D eigenvalue weighted by Crippen LogP contribution is -2.54. The largest absolute Gasteiger partial charge is 0.481 e. The highest BCUT2D eigenvalue weighted by atomic mass is 32.1. The van der Waals surface area contributed by atoms with E-state index in [2.05, 4.69) is 5.32 Å². The molecule has 1 aromatic carbocycles. The molecule has 1 heterocycles. The third kappa shape index (κ3) is 8.71. The van der Waals surface area contributed by atoms with E-state index in [1.165, 1.54) is 11.3 Å². The van der Waals surface area contributed by atoms with E-state index in [9.17, 15) is 19.2 Å². The first-order valence-electron chi connectivity index (χ1n) is 11.2. The molecule has 10 heteroatoms. The summed E-state index contributed by atoms with van der Waals surface area (Å²) in [5.74, 6) is -2.62. The van der Waals surface area contributed by atoms with Crippen LogP contribution in [0, 0.1) is 5.41 Å². The molecule has 35 heavy (non-hydrogen) atoms. The van der Waals surface area contributed by atoms with Crippen molar-refractivity contribution >= 4 is 40.8 Å². The van der Waals surface area contributed by atoms with Crippen molar-refractivity contribution in [3.05, 3.63) is 52.7 Å². The summed E-state index contributed by atoms with van der Waals surface area (Å²) in [5.41, 5.74) is 0.737. The SMILES string of the molecule is C[C@@H](C(=O)NCCC(=O)O)N(c1ccsc1)C(Cc1ccccc1)C(=O)OCOC(=O)C(C)(C)C. The average Bonchev–Trinajstić information content (AvgIpc) is 3.32. The zero-order valence-electron chi connectivity index (χ0n) is 20.4. The van der Waals surface area contributed by atoms with Crippen LogP contribution in [-0.4, -0.2) is 54.3 Å². The van der Waals surface area contributed by atoms with Crippen LogP contribution >= 0.6 is 11.3 Å². The molecule has 190 valence electrons. The number of carboxylic acid groups (broad SMARTS) is 1. The monoisotopic (exact) mass is 504 g/mol. The fraction of sp³-hybridized carbons (Fsp3) is 0.440. The number of anilines is 1. The van der Waals surface area contributed by atoms with E-state index >= 15 is 0 Å². The molecular weight excluding hydrogens is 472 g/mol. The first kappa shape index (κ1) is 27.8. The summed E-state index contributed by atoms with van der Waals surface area (Å²) in [6.45, 7) is 6.14. The first-order chi connectivity index (χ1) is 16.5. The van der Waals surface area contributed by atoms with E-state index in [1.807, 2.05) is 41.1 Å². The Hall–Kier alpha value is -3.40. The van der Waals surface area contributed by atoms with Crippen molar-refractivity contribution in [1.82, 2.24) is 5.32 Å². The Labute approximate surface area is 209 Å². The minimum absolute atomic E-state index is 0.0352. The van der Waals surface area contributed by atoms with Gasteiger partial charge in [-0.05, 0) is 44.7 Å². The zero-order chi connectivity index (χ0) is 26.0. The van der Waals surface area contributed by atoms with Crippen molar-refractivity contribution in [3.63, 3.8) is 0 Å². The molecule has 2 aromatic rings. The number of ether oxygens (including phenoxy) is 2. The molecule has 0 spiro atoms. The lowest BCUT2D eigenvalue weighted by atomic mass is 9.98. The summed E-state index contributed by atoms with van der Waals surface area (Å²) in [7, 11) is 0. The van der Waals surface area contributed by atoms with Crippen LogP contribution in [-0.2, 0) is 35.1 Å². The van der Waals surface area contributed by atoms with Gasteiger partial charge in [0.25, 0.3) is 0 Å². The van der Waals surface area contributed by atoms with Crippen LogP contribution in [0.15, 0.2) is 47.2 Å². The van der Waals surface area contributed by atoms with Gasteiger partial charge >= 0.3 is 17.9 Å². The van der Waals surface area contributed by atoms with E-state index in [0.717, 1.165) is 5.56 Å². The second-order valence-corrected chi connectivity index (χ2v) is 9.75. The number of aliphatic carboxylic acids is 1. The van der Waals surface area contributed by atoms with Gasteiger partial charge in [-0.2, -0.15) is 11.3 Å². The Morgan fingerprint density at radius 3 is 2.34 bits per heavy atom. The second-order valence-electron chi connectivity index (χ2n) is 8.97. The van der Waals surface area contributed by atoms with E-state index in [0.29, 0.717) is 5.69 Å². The number of nitrogens with zero attached hydrogens (tertiary/aromatic N) is 1. The van der Waals surface area contributed by atoms with Gasteiger partial charge in [0.05, 0.1) is 11.8 Å². The molecule has 2 N–H and O–H groups in total. The normalized spacial score (nSPS) is 12.8. The minimum atomic E-state index is -1.03. The summed E-state index contributed by atoms with van der Waals surface area (Å²) in [6, 6.07) is 9.33. The third-order valence-electron chi connectivity index (χ3n) is 5.12. The Morgan fingerprint density at radius 2 is 1.77 bits per heavy atom. The molecule has 1 aromatic heterocycles. The van der Waals surface area contributed by atoms with Gasteiger partial charge in [0.2, 0.25) is 12.7 Å². The fourth-order valence-corrected chi connectivity index (χ4v) is 3.87. The van der Waals surface area contributed by atoms with Crippen LogP contribution < -0.4 is 10.2 Å². The van der Waals surface area contributed by atoms with E-state index < -0.39 is 48.1 Å². The number of hydrogen-bond donors (Lipinski definition) is 2. The van der Waals surface area contributed by atoms with E-state index in [-0.39, 0.29) is 19.4 Å². The maximum atomic E-state index is 13.3. The molecule has 2 atom stereocenters. The number of rotatable bonds is 12. The van der Waals surface area contributed by atoms with Crippen molar-refractivity contribution < 1.29 is 33.8 Å². The molecular formula is C25H32N2O7S. The molecule has 0 saturated carbocycles. The molecule has 0 aliphatic carbocycles. The maximum Gasteiger partial charge on any atom is 0.332 e. The van der Waals surface area contributed by atoms with Crippen molar-refractivity contribution in [1.29, 1.82) is 0 Å². The van der Waals surface area contributed by atoms with Crippen LogP contribution in [0.2, 0.25) is 0 Å². The zero-order valence-corrected chi connectivity index (χ0v) is 21.2. The number of thiophene rings is 1. The minimum Gasteiger partial charge on any atom is -0.481 e. The Bertz CT molecular complexity index is 987. The standard InChI is InChI=1S/C25H32N2O7S/c1-17(22(30)26-12-10-21(28)29)27(19-11-13-35-15-19)20(14-18-8-6-5-7-9-18)23(31)33-16-34-24(32)25(2,3)4/h5-9,11,13,15,17,20H,10,12,14,16H2,1-4H3,(H,26,30)(H,28,29)/t17-,20?/m0/s1. The van der Waals surface area contributed by atoms with Gasteiger partial charge < -0.3 is 24.8 Å². The summed E-state index contributed by atoms with van der Waals surface area (Å²) in [4.78, 5) is 50.7. The van der Waals surface area contributed by atoms with Crippen molar-refractivity contribution in [2.75, 3.05) is 18.2 Å². The predicted octanol–water partition coefficient (Wildman–Crippen LogP) is 3.24. The average molecular weight is 505 g/mol. The van der Waals surface area contributed by atoms with Crippen LogP contribution in [0.1, 0.15) is 39.7 Å². The van der Waals surface area contributed by atoms with Gasteiger partial charge in [-0.3, -0.25) is 14.4 Å². The highest BCUT2D eigenvalue weighted by Gasteiger charge is 2.35. The molecule has 0 fully saturated rings. The van der Waals surface area contributed by atoms with Crippen LogP contribution in [0.5, 0.6) is 0 Å². The number of nitrogens with one attached hydrogen (secondary N) is 1. The lowest BCUT2D eigenvalue weighted by molar-refractivity contribution is -0.173. The summed E-state index contributed by atoms with van der Waals surface area (Å²) in [5, 5.41) is 15.1. The molecule has 1 amide bonds. The molecule has 0 bridgehead atoms. The molecule has 0 aliphatic rings. The molecule has 2 rings (SSSR count).